The molecule has 0 aliphatic carbocycles. The Bertz CT molecular complexity index is 580. The highest BCUT2D eigenvalue weighted by Crippen LogP contribution is 2.25. The number of nitrogens with zero attached hydrogens (tertiary/aromatic N) is 4. The summed E-state index contributed by atoms with van der Waals surface area (Å²) in [5.74, 6) is 0.659. The van der Waals surface area contributed by atoms with Gasteiger partial charge in [0.05, 0.1) is 11.4 Å². The van der Waals surface area contributed by atoms with Crippen LogP contribution in [0.15, 0.2) is 61.2 Å². The molecule has 0 saturated heterocycles. The second-order valence-corrected chi connectivity index (χ2v) is 3.69. The number of rotatable bonds is 2. The highest BCUT2D eigenvalue weighted by atomic mass is 14.9. The van der Waals surface area contributed by atoms with E-state index in [9.17, 15) is 0 Å². The minimum absolute atomic E-state index is 0.659. The second kappa shape index (κ2) is 4.71. The first-order valence-electron chi connectivity index (χ1n) is 5.59. The zero-order valence-electron chi connectivity index (χ0n) is 9.56. The highest BCUT2D eigenvalue weighted by Gasteiger charge is 2.10. The smallest absolute Gasteiger partial charge is 0.161 e. The lowest BCUT2D eigenvalue weighted by Gasteiger charge is -2.05. The van der Waals surface area contributed by atoms with Crippen LogP contribution in [0.5, 0.6) is 0 Å². The summed E-state index contributed by atoms with van der Waals surface area (Å²) >= 11 is 0. The van der Waals surface area contributed by atoms with Gasteiger partial charge in [-0.05, 0) is 30.3 Å². The summed E-state index contributed by atoms with van der Waals surface area (Å²) in [5, 5.41) is 0. The van der Waals surface area contributed by atoms with Gasteiger partial charge in [-0.3, -0.25) is 9.97 Å². The number of pyridine rings is 2. The van der Waals surface area contributed by atoms with Crippen LogP contribution in [0.3, 0.4) is 0 Å². The van der Waals surface area contributed by atoms with Gasteiger partial charge in [-0.15, -0.1) is 0 Å². The molecular weight excluding hydrogens is 224 g/mol. The lowest BCUT2D eigenvalue weighted by Crippen LogP contribution is -1.94. The molecular formula is C14H10N4. The highest BCUT2D eigenvalue weighted by molar-refractivity contribution is 5.74. The van der Waals surface area contributed by atoms with Crippen LogP contribution in [0.4, 0.5) is 0 Å². The first-order chi connectivity index (χ1) is 8.95. The van der Waals surface area contributed by atoms with Crippen molar-refractivity contribution < 1.29 is 0 Å². The maximum absolute atomic E-state index is 4.38. The van der Waals surface area contributed by atoms with E-state index >= 15 is 0 Å². The van der Waals surface area contributed by atoms with Gasteiger partial charge in [0.1, 0.15) is 0 Å². The van der Waals surface area contributed by atoms with Crippen LogP contribution in [-0.4, -0.2) is 19.9 Å². The Hall–Kier alpha value is -2.62. The van der Waals surface area contributed by atoms with Crippen molar-refractivity contribution in [2.24, 2.45) is 0 Å². The van der Waals surface area contributed by atoms with E-state index in [1.807, 2.05) is 30.3 Å². The Labute approximate surface area is 104 Å². The second-order valence-electron chi connectivity index (χ2n) is 3.69. The normalized spacial score (nSPS) is 10.2. The molecule has 3 aromatic rings. The molecule has 0 aromatic carbocycles. The van der Waals surface area contributed by atoms with E-state index in [0.717, 1.165) is 17.0 Å². The zero-order valence-corrected chi connectivity index (χ0v) is 9.56. The van der Waals surface area contributed by atoms with E-state index < -0.39 is 0 Å². The van der Waals surface area contributed by atoms with E-state index in [1.54, 1.807) is 30.9 Å². The van der Waals surface area contributed by atoms with Crippen LogP contribution in [0, 0.1) is 0 Å². The van der Waals surface area contributed by atoms with Gasteiger partial charge in [-0.2, -0.15) is 0 Å². The van der Waals surface area contributed by atoms with Crippen LogP contribution >= 0.6 is 0 Å². The van der Waals surface area contributed by atoms with Gasteiger partial charge in [0.2, 0.25) is 0 Å². The zero-order chi connectivity index (χ0) is 12.2. The number of aromatic nitrogens is 4. The van der Waals surface area contributed by atoms with Crippen LogP contribution in [-0.2, 0) is 0 Å². The van der Waals surface area contributed by atoms with Gasteiger partial charge < -0.3 is 0 Å². The molecule has 0 aliphatic rings. The molecule has 0 amide bonds. The first-order valence-corrected chi connectivity index (χ1v) is 5.59. The predicted molar refractivity (Wildman–Crippen MR) is 68.5 cm³/mol. The minimum Gasteiger partial charge on any atom is -0.255 e. The fourth-order valence-corrected chi connectivity index (χ4v) is 1.73. The molecule has 0 bridgehead atoms. The minimum atomic E-state index is 0.659. The van der Waals surface area contributed by atoms with Crippen molar-refractivity contribution >= 4 is 0 Å². The largest absolute Gasteiger partial charge is 0.255 e. The predicted octanol–water partition coefficient (Wildman–Crippen LogP) is 2.60. The van der Waals surface area contributed by atoms with Crippen molar-refractivity contribution in [3.8, 4) is 22.8 Å². The van der Waals surface area contributed by atoms with Gasteiger partial charge in [0.25, 0.3) is 0 Å². The monoisotopic (exact) mass is 234 g/mol. The molecule has 0 unspecified atom stereocenters. The van der Waals surface area contributed by atoms with Crippen molar-refractivity contribution in [3.05, 3.63) is 61.2 Å². The van der Waals surface area contributed by atoms with E-state index in [2.05, 4.69) is 19.9 Å². The SMILES string of the molecule is c1ccc(-c2ncccc2-c2ncccn2)nc1. The molecule has 86 valence electrons. The molecule has 4 heteroatoms. The molecule has 3 heterocycles. The Morgan fingerprint density at radius 2 is 1.39 bits per heavy atom. The molecule has 18 heavy (non-hydrogen) atoms. The molecule has 0 spiro atoms. The Balaban J connectivity index is 2.18. The van der Waals surface area contributed by atoms with E-state index in [4.69, 9.17) is 0 Å². The summed E-state index contributed by atoms with van der Waals surface area (Å²) in [4.78, 5) is 17.2. The van der Waals surface area contributed by atoms with E-state index in [-0.39, 0.29) is 0 Å². The van der Waals surface area contributed by atoms with Crippen molar-refractivity contribution in [1.82, 2.24) is 19.9 Å². The standard InChI is InChI=1S/C14H10N4/c1-2-7-15-12(6-1)13-11(5-3-8-16-13)14-17-9-4-10-18-14/h1-10H. The average molecular weight is 234 g/mol. The van der Waals surface area contributed by atoms with Crippen LogP contribution in [0.1, 0.15) is 0 Å². The fourth-order valence-electron chi connectivity index (χ4n) is 1.73. The summed E-state index contributed by atoms with van der Waals surface area (Å²) in [5.41, 5.74) is 2.50. The molecule has 0 radical (unpaired) electrons. The lowest BCUT2D eigenvalue weighted by atomic mass is 10.1. The van der Waals surface area contributed by atoms with Gasteiger partial charge in [0, 0.05) is 30.4 Å². The van der Waals surface area contributed by atoms with Crippen molar-refractivity contribution in [2.75, 3.05) is 0 Å². The summed E-state index contributed by atoms with van der Waals surface area (Å²) in [7, 11) is 0. The van der Waals surface area contributed by atoms with Gasteiger partial charge in [-0.1, -0.05) is 6.07 Å². The molecule has 0 N–H and O–H groups in total. The topological polar surface area (TPSA) is 51.6 Å². The molecule has 0 aliphatic heterocycles. The van der Waals surface area contributed by atoms with Crippen molar-refractivity contribution in [2.45, 2.75) is 0 Å². The summed E-state index contributed by atoms with van der Waals surface area (Å²) in [6.07, 6.45) is 6.94. The molecule has 0 fully saturated rings. The molecule has 0 saturated carbocycles. The third-order valence-corrected chi connectivity index (χ3v) is 2.52. The third-order valence-electron chi connectivity index (χ3n) is 2.52. The van der Waals surface area contributed by atoms with Crippen molar-refractivity contribution in [3.63, 3.8) is 0 Å². The molecule has 0 atom stereocenters. The third kappa shape index (κ3) is 1.96. The first kappa shape index (κ1) is 10.5. The molecule has 3 aromatic heterocycles. The Morgan fingerprint density at radius 3 is 2.17 bits per heavy atom. The van der Waals surface area contributed by atoms with Gasteiger partial charge in [0.15, 0.2) is 5.82 Å². The Kier molecular flexibility index (Phi) is 2.75. The average Bonchev–Trinajstić information content (AvgIpc) is 2.49. The van der Waals surface area contributed by atoms with Gasteiger partial charge >= 0.3 is 0 Å². The number of hydrogen-bond donors (Lipinski definition) is 0. The van der Waals surface area contributed by atoms with E-state index in [1.165, 1.54) is 0 Å². The van der Waals surface area contributed by atoms with Crippen molar-refractivity contribution in [1.29, 1.82) is 0 Å². The fraction of sp³-hybridized carbons (Fsp3) is 0. The maximum Gasteiger partial charge on any atom is 0.161 e. The summed E-state index contributed by atoms with van der Waals surface area (Å²) < 4.78 is 0. The summed E-state index contributed by atoms with van der Waals surface area (Å²) in [6, 6.07) is 11.4. The van der Waals surface area contributed by atoms with Crippen LogP contribution < -0.4 is 0 Å². The lowest BCUT2D eigenvalue weighted by molar-refractivity contribution is 1.16. The quantitative estimate of drug-likeness (QED) is 0.684. The molecule has 4 nitrogen and oxygen atoms in total. The van der Waals surface area contributed by atoms with Crippen LogP contribution in [0.2, 0.25) is 0 Å². The summed E-state index contributed by atoms with van der Waals surface area (Å²) in [6.45, 7) is 0. The Morgan fingerprint density at radius 1 is 0.611 bits per heavy atom. The van der Waals surface area contributed by atoms with Crippen LogP contribution in [0.25, 0.3) is 22.8 Å². The number of hydrogen-bond acceptors (Lipinski definition) is 4. The van der Waals surface area contributed by atoms with Gasteiger partial charge in [-0.25, -0.2) is 9.97 Å². The molecule has 3 rings (SSSR count). The van der Waals surface area contributed by atoms with E-state index in [0.29, 0.717) is 5.82 Å². The maximum atomic E-state index is 4.38.